The van der Waals surface area contributed by atoms with E-state index in [0.717, 1.165) is 17.8 Å². The molecule has 1 fully saturated rings. The van der Waals surface area contributed by atoms with Crippen molar-refractivity contribution < 1.29 is 24.2 Å². The van der Waals surface area contributed by atoms with Crippen LogP contribution in [-0.4, -0.2) is 51.3 Å². The number of hydrogen-bond acceptors (Lipinski definition) is 5. The van der Waals surface area contributed by atoms with Gasteiger partial charge in [0.2, 0.25) is 12.7 Å². The second-order valence-corrected chi connectivity index (χ2v) is 6.79. The predicted molar refractivity (Wildman–Crippen MR) is 94.6 cm³/mol. The van der Waals surface area contributed by atoms with Gasteiger partial charge in [-0.25, -0.2) is 4.98 Å². The minimum atomic E-state index is -0.898. The summed E-state index contributed by atoms with van der Waals surface area (Å²) in [6, 6.07) is 5.47. The third-order valence-electron chi connectivity index (χ3n) is 5.24. The Bertz CT molecular complexity index is 878. The molecular formula is C19H21N3O5. The van der Waals surface area contributed by atoms with E-state index < -0.39 is 11.9 Å². The Hall–Kier alpha value is -3.03. The highest BCUT2D eigenvalue weighted by Crippen LogP contribution is 2.39. The monoisotopic (exact) mass is 371 g/mol. The third kappa shape index (κ3) is 3.22. The van der Waals surface area contributed by atoms with Crippen LogP contribution in [0.4, 0.5) is 0 Å². The van der Waals surface area contributed by atoms with Crippen molar-refractivity contribution in [2.24, 2.45) is 5.92 Å². The van der Waals surface area contributed by atoms with E-state index in [4.69, 9.17) is 9.47 Å². The molecule has 0 unspecified atom stereocenters. The molecule has 4 rings (SSSR count). The minimum absolute atomic E-state index is 0.0998. The van der Waals surface area contributed by atoms with E-state index >= 15 is 0 Å². The Morgan fingerprint density at radius 3 is 2.85 bits per heavy atom. The number of aromatic nitrogens is 2. The fourth-order valence-electron chi connectivity index (χ4n) is 3.78. The molecule has 142 valence electrons. The molecule has 3 heterocycles. The molecule has 27 heavy (non-hydrogen) atoms. The first-order valence-corrected chi connectivity index (χ1v) is 8.97. The molecular weight excluding hydrogens is 350 g/mol. The predicted octanol–water partition coefficient (Wildman–Crippen LogP) is 1.50. The van der Waals surface area contributed by atoms with E-state index in [1.807, 2.05) is 23.6 Å². The second kappa shape index (κ2) is 6.94. The number of likely N-dealkylation sites (tertiary alicyclic amines) is 1. The van der Waals surface area contributed by atoms with Crippen molar-refractivity contribution in [1.82, 2.24) is 14.5 Å². The van der Waals surface area contributed by atoms with Crippen LogP contribution in [0, 0.1) is 5.92 Å². The molecule has 2 aliphatic rings. The Morgan fingerprint density at radius 2 is 2.07 bits per heavy atom. The van der Waals surface area contributed by atoms with Gasteiger partial charge in [-0.3, -0.25) is 9.59 Å². The van der Waals surface area contributed by atoms with Crippen molar-refractivity contribution in [2.45, 2.75) is 25.8 Å². The lowest BCUT2D eigenvalue weighted by atomic mass is 9.89. The number of amides is 1. The SMILES string of the molecule is CCc1nccn1CC(=O)N1C[C@@H](C(=O)O)[C@H](c2ccc3c(c2)OCO3)C1. The van der Waals surface area contributed by atoms with Crippen LogP contribution in [-0.2, 0) is 22.6 Å². The molecule has 2 aliphatic heterocycles. The average molecular weight is 371 g/mol. The first-order valence-electron chi connectivity index (χ1n) is 8.97. The second-order valence-electron chi connectivity index (χ2n) is 6.79. The lowest BCUT2D eigenvalue weighted by Gasteiger charge is -2.17. The fourth-order valence-corrected chi connectivity index (χ4v) is 3.78. The minimum Gasteiger partial charge on any atom is -0.481 e. The zero-order valence-electron chi connectivity index (χ0n) is 15.0. The summed E-state index contributed by atoms with van der Waals surface area (Å²) < 4.78 is 12.5. The molecule has 1 aromatic carbocycles. The van der Waals surface area contributed by atoms with E-state index in [2.05, 4.69) is 4.98 Å². The summed E-state index contributed by atoms with van der Waals surface area (Å²) in [5.41, 5.74) is 0.846. The maximum atomic E-state index is 12.8. The lowest BCUT2D eigenvalue weighted by molar-refractivity contribution is -0.141. The number of carbonyl (C=O) groups excluding carboxylic acids is 1. The molecule has 0 saturated carbocycles. The van der Waals surface area contributed by atoms with Crippen LogP contribution in [0.25, 0.3) is 0 Å². The molecule has 1 amide bonds. The number of imidazole rings is 1. The number of hydrogen-bond donors (Lipinski definition) is 1. The zero-order valence-corrected chi connectivity index (χ0v) is 15.0. The number of carbonyl (C=O) groups is 2. The van der Waals surface area contributed by atoms with Gasteiger partial charge in [0.05, 0.1) is 5.92 Å². The molecule has 0 bridgehead atoms. The van der Waals surface area contributed by atoms with Gasteiger partial charge in [0, 0.05) is 37.8 Å². The maximum absolute atomic E-state index is 12.8. The van der Waals surface area contributed by atoms with E-state index in [9.17, 15) is 14.7 Å². The van der Waals surface area contributed by atoms with E-state index in [1.54, 1.807) is 23.4 Å². The van der Waals surface area contributed by atoms with Gasteiger partial charge in [-0.05, 0) is 17.7 Å². The van der Waals surface area contributed by atoms with E-state index in [0.29, 0.717) is 18.0 Å². The highest BCUT2D eigenvalue weighted by molar-refractivity contribution is 5.79. The van der Waals surface area contributed by atoms with Crippen molar-refractivity contribution >= 4 is 11.9 Å². The molecule has 2 aromatic rings. The molecule has 0 aliphatic carbocycles. The number of aliphatic carboxylic acids is 1. The normalized spacial score (nSPS) is 20.9. The average Bonchev–Trinajstić information content (AvgIpc) is 3.39. The summed E-state index contributed by atoms with van der Waals surface area (Å²) >= 11 is 0. The van der Waals surface area contributed by atoms with Gasteiger partial charge in [-0.2, -0.15) is 0 Å². The first kappa shape index (κ1) is 17.4. The van der Waals surface area contributed by atoms with Crippen LogP contribution < -0.4 is 9.47 Å². The number of fused-ring (bicyclic) bond motifs is 1. The van der Waals surface area contributed by atoms with Gasteiger partial charge in [-0.15, -0.1) is 0 Å². The number of carboxylic acid groups (broad SMARTS) is 1. The summed E-state index contributed by atoms with van der Waals surface area (Å²) in [5.74, 6) is 0.181. The summed E-state index contributed by atoms with van der Waals surface area (Å²) in [6.07, 6.45) is 4.18. The Kier molecular flexibility index (Phi) is 4.47. The van der Waals surface area contributed by atoms with Crippen LogP contribution in [0.1, 0.15) is 24.2 Å². The Labute approximate surface area is 156 Å². The maximum Gasteiger partial charge on any atom is 0.308 e. The quantitative estimate of drug-likeness (QED) is 0.856. The summed E-state index contributed by atoms with van der Waals surface area (Å²) in [6.45, 7) is 2.88. The molecule has 0 radical (unpaired) electrons. The van der Waals surface area contributed by atoms with Gasteiger partial charge in [0.15, 0.2) is 11.5 Å². The van der Waals surface area contributed by atoms with Crippen molar-refractivity contribution in [1.29, 1.82) is 0 Å². The summed E-state index contributed by atoms with van der Waals surface area (Å²) in [4.78, 5) is 30.4. The molecule has 1 aromatic heterocycles. The van der Waals surface area contributed by atoms with Crippen LogP contribution in [0.2, 0.25) is 0 Å². The number of aryl methyl sites for hydroxylation is 1. The molecule has 1 N–H and O–H groups in total. The number of rotatable bonds is 5. The third-order valence-corrected chi connectivity index (χ3v) is 5.24. The van der Waals surface area contributed by atoms with Crippen molar-refractivity contribution in [3.8, 4) is 11.5 Å². The molecule has 2 atom stereocenters. The van der Waals surface area contributed by atoms with E-state index in [-0.39, 0.29) is 31.7 Å². The van der Waals surface area contributed by atoms with Crippen LogP contribution in [0.15, 0.2) is 30.6 Å². The summed E-state index contributed by atoms with van der Waals surface area (Å²) in [5, 5.41) is 9.67. The summed E-state index contributed by atoms with van der Waals surface area (Å²) in [7, 11) is 0. The highest BCUT2D eigenvalue weighted by atomic mass is 16.7. The number of ether oxygens (including phenoxy) is 2. The number of benzene rings is 1. The first-order chi connectivity index (χ1) is 13.1. The molecule has 1 saturated heterocycles. The Balaban J connectivity index is 1.53. The van der Waals surface area contributed by atoms with E-state index in [1.165, 1.54) is 0 Å². The zero-order chi connectivity index (χ0) is 19.0. The van der Waals surface area contributed by atoms with Gasteiger partial charge in [0.1, 0.15) is 12.4 Å². The number of carboxylic acids is 1. The van der Waals surface area contributed by atoms with Gasteiger partial charge in [0.25, 0.3) is 0 Å². The standard InChI is InChI=1S/C19H21N3O5/c1-2-17-20-5-6-21(17)10-18(23)22-8-13(14(9-22)19(24)25)12-3-4-15-16(7-12)27-11-26-15/h3-7,13-14H,2,8-11H2,1H3,(H,24,25)/t13-,14+/m0/s1. The molecule has 8 nitrogen and oxygen atoms in total. The fraction of sp³-hybridized carbons (Fsp3) is 0.421. The van der Waals surface area contributed by atoms with Gasteiger partial charge < -0.3 is 24.0 Å². The van der Waals surface area contributed by atoms with Crippen LogP contribution in [0.5, 0.6) is 11.5 Å². The van der Waals surface area contributed by atoms with Gasteiger partial charge >= 0.3 is 5.97 Å². The molecule has 0 spiro atoms. The number of nitrogens with zero attached hydrogens (tertiary/aromatic N) is 3. The highest BCUT2D eigenvalue weighted by Gasteiger charge is 2.41. The molecule has 8 heteroatoms. The lowest BCUT2D eigenvalue weighted by Crippen LogP contribution is -2.33. The topological polar surface area (TPSA) is 93.9 Å². The van der Waals surface area contributed by atoms with Crippen molar-refractivity contribution in [3.05, 3.63) is 42.0 Å². The van der Waals surface area contributed by atoms with Crippen LogP contribution in [0.3, 0.4) is 0 Å². The largest absolute Gasteiger partial charge is 0.481 e. The van der Waals surface area contributed by atoms with Gasteiger partial charge in [-0.1, -0.05) is 13.0 Å². The van der Waals surface area contributed by atoms with Crippen LogP contribution >= 0.6 is 0 Å². The van der Waals surface area contributed by atoms with Crippen molar-refractivity contribution in [3.63, 3.8) is 0 Å². The Morgan fingerprint density at radius 1 is 1.26 bits per heavy atom. The smallest absolute Gasteiger partial charge is 0.308 e. The van der Waals surface area contributed by atoms with Crippen molar-refractivity contribution in [2.75, 3.05) is 19.9 Å².